The van der Waals surface area contributed by atoms with Gasteiger partial charge in [0.1, 0.15) is 0 Å². The lowest BCUT2D eigenvalue weighted by Crippen LogP contribution is -2.42. The van der Waals surface area contributed by atoms with E-state index in [9.17, 15) is 14.9 Å². The van der Waals surface area contributed by atoms with Crippen molar-refractivity contribution in [3.05, 3.63) is 39.9 Å². The zero-order valence-electron chi connectivity index (χ0n) is 13.7. The fourth-order valence-electron chi connectivity index (χ4n) is 3.03. The molecule has 1 N–H and O–H groups in total. The molecule has 1 atom stereocenters. The number of non-ortho nitro benzene ring substituents is 1. The quantitative estimate of drug-likeness (QED) is 0.644. The smallest absolute Gasteiger partial charge is 0.317 e. The van der Waals surface area contributed by atoms with Gasteiger partial charge in [-0.15, -0.1) is 0 Å². The molecule has 2 rings (SSSR count). The van der Waals surface area contributed by atoms with Crippen LogP contribution in [-0.2, 0) is 6.54 Å². The molecule has 1 fully saturated rings. The molecule has 0 bridgehead atoms. The lowest BCUT2D eigenvalue weighted by Gasteiger charge is -2.26. The molecule has 0 aromatic heterocycles. The number of carbonyl (C=O) groups is 1. The Hall–Kier alpha value is -2.15. The van der Waals surface area contributed by atoms with Crippen molar-refractivity contribution in [3.63, 3.8) is 0 Å². The van der Waals surface area contributed by atoms with Crippen LogP contribution in [0, 0.1) is 10.1 Å². The zero-order valence-corrected chi connectivity index (χ0v) is 13.7. The normalized spacial score (nSPS) is 17.5. The van der Waals surface area contributed by atoms with Gasteiger partial charge in [0.2, 0.25) is 0 Å². The summed E-state index contributed by atoms with van der Waals surface area (Å²) < 4.78 is 0. The van der Waals surface area contributed by atoms with Crippen molar-refractivity contribution in [3.8, 4) is 0 Å². The molecule has 1 heterocycles. The number of hydrogen-bond donors (Lipinski definition) is 1. The minimum Gasteiger partial charge on any atom is -0.334 e. The van der Waals surface area contributed by atoms with Gasteiger partial charge >= 0.3 is 6.03 Å². The topological polar surface area (TPSA) is 78.7 Å². The Kier molecular flexibility index (Phi) is 5.92. The van der Waals surface area contributed by atoms with E-state index in [4.69, 9.17) is 0 Å². The number of carbonyl (C=O) groups excluding carboxylic acids is 1. The second kappa shape index (κ2) is 7.92. The average Bonchev–Trinajstić information content (AvgIpc) is 3.04. The van der Waals surface area contributed by atoms with Crippen LogP contribution in [0.3, 0.4) is 0 Å². The third-order valence-corrected chi connectivity index (χ3v) is 4.34. The highest BCUT2D eigenvalue weighted by Crippen LogP contribution is 2.16. The van der Waals surface area contributed by atoms with Crippen LogP contribution in [0.5, 0.6) is 0 Å². The van der Waals surface area contributed by atoms with Crippen LogP contribution < -0.4 is 5.32 Å². The maximum absolute atomic E-state index is 12.2. The Balaban J connectivity index is 1.86. The van der Waals surface area contributed by atoms with E-state index in [1.807, 2.05) is 4.90 Å². The van der Waals surface area contributed by atoms with Crippen LogP contribution in [0.15, 0.2) is 24.3 Å². The molecule has 1 aromatic rings. The first-order chi connectivity index (χ1) is 11.0. The lowest BCUT2D eigenvalue weighted by atomic mass is 10.2. The maximum atomic E-state index is 12.2. The summed E-state index contributed by atoms with van der Waals surface area (Å²) in [6.07, 6.45) is 0.992. The predicted molar refractivity (Wildman–Crippen MR) is 88.2 cm³/mol. The van der Waals surface area contributed by atoms with E-state index in [-0.39, 0.29) is 11.7 Å². The molecule has 1 aliphatic rings. The van der Waals surface area contributed by atoms with E-state index in [0.29, 0.717) is 12.6 Å². The number of hydrogen-bond acceptors (Lipinski definition) is 4. The van der Waals surface area contributed by atoms with Crippen molar-refractivity contribution >= 4 is 11.7 Å². The molecule has 23 heavy (non-hydrogen) atoms. The Labute approximate surface area is 136 Å². The summed E-state index contributed by atoms with van der Waals surface area (Å²) in [5, 5.41) is 13.6. The molecular weight excluding hydrogens is 296 g/mol. The van der Waals surface area contributed by atoms with E-state index < -0.39 is 4.92 Å². The highest BCUT2D eigenvalue weighted by molar-refractivity contribution is 5.74. The van der Waals surface area contributed by atoms with E-state index in [1.165, 1.54) is 12.1 Å². The predicted octanol–water partition coefficient (Wildman–Crippen LogP) is 2.22. The fraction of sp³-hybridized carbons (Fsp3) is 0.562. The number of nitrogens with one attached hydrogen (secondary N) is 1. The molecule has 7 heteroatoms. The van der Waals surface area contributed by atoms with Crippen LogP contribution in [0.4, 0.5) is 10.5 Å². The number of likely N-dealkylation sites (N-methyl/N-ethyl adjacent to an activating group) is 1. The summed E-state index contributed by atoms with van der Waals surface area (Å²) in [7, 11) is 0. The highest BCUT2D eigenvalue weighted by Gasteiger charge is 2.28. The van der Waals surface area contributed by atoms with Gasteiger partial charge in [0.05, 0.1) is 4.92 Å². The molecule has 1 aromatic carbocycles. The van der Waals surface area contributed by atoms with Gasteiger partial charge in [-0.1, -0.05) is 26.0 Å². The fourth-order valence-corrected chi connectivity index (χ4v) is 3.03. The van der Waals surface area contributed by atoms with Crippen LogP contribution in [0.1, 0.15) is 25.8 Å². The lowest BCUT2D eigenvalue weighted by molar-refractivity contribution is -0.384. The Bertz CT molecular complexity index is 560. The Morgan fingerprint density at radius 3 is 2.83 bits per heavy atom. The van der Waals surface area contributed by atoms with E-state index >= 15 is 0 Å². The van der Waals surface area contributed by atoms with Gasteiger partial charge in [0.25, 0.3) is 5.69 Å². The van der Waals surface area contributed by atoms with Crippen molar-refractivity contribution in [1.82, 2.24) is 15.1 Å². The number of likely N-dealkylation sites (tertiary alicyclic amines) is 1. The molecule has 7 nitrogen and oxygen atoms in total. The monoisotopic (exact) mass is 320 g/mol. The average molecular weight is 320 g/mol. The van der Waals surface area contributed by atoms with Gasteiger partial charge in [-0.25, -0.2) is 4.79 Å². The second-order valence-electron chi connectivity index (χ2n) is 5.70. The van der Waals surface area contributed by atoms with Gasteiger partial charge in [-0.2, -0.15) is 0 Å². The maximum Gasteiger partial charge on any atom is 0.317 e. The largest absolute Gasteiger partial charge is 0.334 e. The van der Waals surface area contributed by atoms with Crippen molar-refractivity contribution in [1.29, 1.82) is 0 Å². The molecule has 126 valence electrons. The number of rotatable bonds is 6. The first-order valence-electron chi connectivity index (χ1n) is 8.05. The van der Waals surface area contributed by atoms with Crippen molar-refractivity contribution in [2.75, 3.05) is 26.2 Å². The zero-order chi connectivity index (χ0) is 16.8. The minimum absolute atomic E-state index is 0.0412. The van der Waals surface area contributed by atoms with E-state index in [2.05, 4.69) is 24.1 Å². The van der Waals surface area contributed by atoms with Crippen LogP contribution in [0.2, 0.25) is 0 Å². The minimum atomic E-state index is -0.430. The number of nitrogens with zero attached hydrogens (tertiary/aromatic N) is 3. The van der Waals surface area contributed by atoms with Crippen molar-refractivity contribution in [2.24, 2.45) is 0 Å². The molecule has 1 unspecified atom stereocenters. The van der Waals surface area contributed by atoms with Gasteiger partial charge in [-0.05, 0) is 25.1 Å². The first-order valence-corrected chi connectivity index (χ1v) is 8.05. The van der Waals surface area contributed by atoms with Crippen LogP contribution in [-0.4, -0.2) is 53.0 Å². The molecule has 1 saturated heterocycles. The van der Waals surface area contributed by atoms with Crippen LogP contribution in [0.25, 0.3) is 0 Å². The summed E-state index contributed by atoms with van der Waals surface area (Å²) in [4.78, 5) is 26.8. The third-order valence-electron chi connectivity index (χ3n) is 4.34. The van der Waals surface area contributed by atoms with E-state index in [0.717, 1.165) is 38.2 Å². The molecule has 0 radical (unpaired) electrons. The summed E-state index contributed by atoms with van der Waals surface area (Å²) in [6, 6.07) is 6.66. The van der Waals surface area contributed by atoms with Crippen molar-refractivity contribution < 1.29 is 9.72 Å². The number of nitro benzene ring substituents is 1. The summed E-state index contributed by atoms with van der Waals surface area (Å²) in [5.74, 6) is 0. The molecule has 2 amide bonds. The number of urea groups is 1. The molecular formula is C16H24N4O3. The second-order valence-corrected chi connectivity index (χ2v) is 5.70. The highest BCUT2D eigenvalue weighted by atomic mass is 16.6. The Morgan fingerprint density at radius 2 is 2.17 bits per heavy atom. The van der Waals surface area contributed by atoms with Gasteiger partial charge < -0.3 is 10.2 Å². The molecule has 0 saturated carbocycles. The van der Waals surface area contributed by atoms with E-state index in [1.54, 1.807) is 12.1 Å². The van der Waals surface area contributed by atoms with Gasteiger partial charge in [0, 0.05) is 37.8 Å². The van der Waals surface area contributed by atoms with Crippen molar-refractivity contribution in [2.45, 2.75) is 32.9 Å². The summed E-state index contributed by atoms with van der Waals surface area (Å²) >= 11 is 0. The summed E-state index contributed by atoms with van der Waals surface area (Å²) in [5.41, 5.74) is 0.770. The standard InChI is InChI=1S/C16H24N4O3/c1-3-18(4-2)15-8-9-19(12-15)16(21)17-11-13-6-5-7-14(10-13)20(22)23/h5-7,10,15H,3-4,8-9,11-12H2,1-2H3,(H,17,21). The molecule has 1 aliphatic heterocycles. The number of amides is 2. The van der Waals surface area contributed by atoms with Gasteiger partial charge in [0.15, 0.2) is 0 Å². The molecule has 0 spiro atoms. The Morgan fingerprint density at radius 1 is 1.43 bits per heavy atom. The SMILES string of the molecule is CCN(CC)C1CCN(C(=O)NCc2cccc([N+](=O)[O-])c2)C1. The number of benzene rings is 1. The first kappa shape index (κ1) is 17.2. The number of nitro groups is 1. The molecule has 0 aliphatic carbocycles. The van der Waals surface area contributed by atoms with Crippen LogP contribution >= 0.6 is 0 Å². The third kappa shape index (κ3) is 4.41. The summed E-state index contributed by atoms with van der Waals surface area (Å²) in [6.45, 7) is 8.04. The van der Waals surface area contributed by atoms with Gasteiger partial charge in [-0.3, -0.25) is 15.0 Å².